The van der Waals surface area contributed by atoms with Crippen LogP contribution in [0.2, 0.25) is 0 Å². The molecule has 0 aromatic heterocycles. The molecule has 0 aliphatic rings. The zero-order valence-electron chi connectivity index (χ0n) is 8.34. The second-order valence-corrected chi connectivity index (χ2v) is 3.45. The number of hydrogen-bond donors (Lipinski definition) is 1. The minimum Gasteiger partial charge on any atom is -0.396 e. The van der Waals surface area contributed by atoms with E-state index in [2.05, 4.69) is 19.7 Å². The van der Waals surface area contributed by atoms with Crippen molar-refractivity contribution in [3.8, 4) is 0 Å². The van der Waals surface area contributed by atoms with Crippen LogP contribution in [0.15, 0.2) is 38.0 Å². The lowest BCUT2D eigenvalue weighted by molar-refractivity contribution is 0.185. The predicted octanol–water partition coefficient (Wildman–Crippen LogP) is 3.08. The van der Waals surface area contributed by atoms with Crippen molar-refractivity contribution in [3.05, 3.63) is 38.0 Å². The van der Waals surface area contributed by atoms with Gasteiger partial charge in [0.05, 0.1) is 0 Å². The molecule has 13 heavy (non-hydrogen) atoms. The van der Waals surface area contributed by atoms with E-state index in [1.807, 2.05) is 18.2 Å². The van der Waals surface area contributed by atoms with Crippen molar-refractivity contribution in [2.24, 2.45) is 5.41 Å². The summed E-state index contributed by atoms with van der Waals surface area (Å²) in [5.41, 5.74) is 0.0972. The minimum atomic E-state index is 0.0972. The molecule has 74 valence electrons. The molecule has 0 aliphatic heterocycles. The molecule has 0 saturated carbocycles. The summed E-state index contributed by atoms with van der Waals surface area (Å²) in [4.78, 5) is 0. The van der Waals surface area contributed by atoms with Gasteiger partial charge >= 0.3 is 0 Å². The Labute approximate surface area is 81.5 Å². The van der Waals surface area contributed by atoms with Crippen LogP contribution in [0.3, 0.4) is 0 Å². The molecule has 0 spiro atoms. The van der Waals surface area contributed by atoms with Gasteiger partial charge in [0.25, 0.3) is 0 Å². The summed E-state index contributed by atoms with van der Waals surface area (Å²) in [6, 6.07) is 0. The van der Waals surface area contributed by atoms with E-state index in [-0.39, 0.29) is 12.0 Å². The number of aliphatic hydroxyl groups is 1. The summed E-state index contributed by atoms with van der Waals surface area (Å²) >= 11 is 0. The third kappa shape index (κ3) is 4.09. The number of rotatable bonds is 8. The molecule has 0 rings (SSSR count). The van der Waals surface area contributed by atoms with E-state index in [4.69, 9.17) is 5.11 Å². The summed E-state index contributed by atoms with van der Waals surface area (Å²) in [5, 5.41) is 8.98. The Bertz CT molecular complexity index is 143. The van der Waals surface area contributed by atoms with Crippen LogP contribution >= 0.6 is 0 Å². The summed E-state index contributed by atoms with van der Waals surface area (Å²) in [7, 11) is 0. The van der Waals surface area contributed by atoms with Crippen molar-refractivity contribution < 1.29 is 5.11 Å². The van der Waals surface area contributed by atoms with E-state index in [1.165, 1.54) is 0 Å². The maximum atomic E-state index is 8.98. The van der Waals surface area contributed by atoms with E-state index < -0.39 is 0 Å². The average molecular weight is 180 g/mol. The van der Waals surface area contributed by atoms with Crippen LogP contribution in [0.4, 0.5) is 0 Å². The highest BCUT2D eigenvalue weighted by molar-refractivity contribution is 4.95. The molecule has 0 bridgehead atoms. The largest absolute Gasteiger partial charge is 0.396 e. The highest BCUT2D eigenvalue weighted by Gasteiger charge is 2.24. The molecule has 0 radical (unpaired) electrons. The lowest BCUT2D eigenvalue weighted by Crippen LogP contribution is -2.20. The quantitative estimate of drug-likeness (QED) is 0.569. The van der Waals surface area contributed by atoms with Crippen molar-refractivity contribution in [1.82, 2.24) is 0 Å². The lowest BCUT2D eigenvalue weighted by Gasteiger charge is -2.30. The van der Waals surface area contributed by atoms with Crippen LogP contribution in [0, 0.1) is 5.41 Å². The van der Waals surface area contributed by atoms with E-state index in [1.54, 1.807) is 0 Å². The van der Waals surface area contributed by atoms with Crippen molar-refractivity contribution in [1.29, 1.82) is 0 Å². The zero-order valence-corrected chi connectivity index (χ0v) is 8.34. The molecule has 1 N–H and O–H groups in total. The normalized spacial score (nSPS) is 10.8. The first-order chi connectivity index (χ1) is 6.24. The first-order valence-electron chi connectivity index (χ1n) is 4.68. The van der Waals surface area contributed by atoms with E-state index >= 15 is 0 Å². The van der Waals surface area contributed by atoms with Gasteiger partial charge in [0.1, 0.15) is 0 Å². The molecule has 0 aromatic carbocycles. The predicted molar refractivity (Wildman–Crippen MR) is 58.6 cm³/mol. The molecule has 0 saturated heterocycles. The lowest BCUT2D eigenvalue weighted by atomic mass is 9.75. The van der Waals surface area contributed by atoms with Crippen LogP contribution in [0.25, 0.3) is 0 Å². The SMILES string of the molecule is C=CCC(CC=C)(CC=C)CCO. The Morgan fingerprint density at radius 3 is 1.54 bits per heavy atom. The van der Waals surface area contributed by atoms with Gasteiger partial charge in [0.2, 0.25) is 0 Å². The molecular weight excluding hydrogens is 160 g/mol. The standard InChI is InChI=1S/C12H20O/c1-4-7-12(8-5-2,9-6-3)10-11-13/h4-6,13H,1-3,7-11H2. The first kappa shape index (κ1) is 12.2. The fourth-order valence-corrected chi connectivity index (χ4v) is 1.71. The van der Waals surface area contributed by atoms with Crippen LogP contribution in [-0.4, -0.2) is 11.7 Å². The molecule has 0 aliphatic carbocycles. The van der Waals surface area contributed by atoms with Crippen molar-refractivity contribution in [2.45, 2.75) is 25.7 Å². The van der Waals surface area contributed by atoms with Crippen LogP contribution in [0.5, 0.6) is 0 Å². The summed E-state index contributed by atoms with van der Waals surface area (Å²) in [6.45, 7) is 11.4. The number of hydrogen-bond acceptors (Lipinski definition) is 1. The Morgan fingerprint density at radius 1 is 0.923 bits per heavy atom. The molecular formula is C12H20O. The van der Waals surface area contributed by atoms with Crippen molar-refractivity contribution >= 4 is 0 Å². The average Bonchev–Trinajstić information content (AvgIpc) is 2.06. The monoisotopic (exact) mass is 180 g/mol. The van der Waals surface area contributed by atoms with Gasteiger partial charge in [-0.1, -0.05) is 18.2 Å². The maximum Gasteiger partial charge on any atom is 0.0436 e. The third-order valence-electron chi connectivity index (χ3n) is 2.37. The Kier molecular flexibility index (Phi) is 6.25. The molecule has 0 amide bonds. The molecule has 1 nitrogen and oxygen atoms in total. The Balaban J connectivity index is 4.44. The van der Waals surface area contributed by atoms with Crippen molar-refractivity contribution in [2.75, 3.05) is 6.61 Å². The molecule has 0 unspecified atom stereocenters. The molecule has 1 heteroatoms. The molecule has 0 heterocycles. The number of aliphatic hydroxyl groups excluding tert-OH is 1. The first-order valence-corrected chi connectivity index (χ1v) is 4.68. The van der Waals surface area contributed by atoms with Gasteiger partial charge < -0.3 is 5.11 Å². The van der Waals surface area contributed by atoms with Crippen LogP contribution in [-0.2, 0) is 0 Å². The van der Waals surface area contributed by atoms with E-state index in [0.29, 0.717) is 0 Å². The molecule has 0 aromatic rings. The molecule has 0 fully saturated rings. The minimum absolute atomic E-state index is 0.0972. The second-order valence-electron chi connectivity index (χ2n) is 3.45. The van der Waals surface area contributed by atoms with Crippen molar-refractivity contribution in [3.63, 3.8) is 0 Å². The Morgan fingerprint density at radius 2 is 1.31 bits per heavy atom. The van der Waals surface area contributed by atoms with E-state index in [9.17, 15) is 0 Å². The maximum absolute atomic E-state index is 8.98. The topological polar surface area (TPSA) is 20.2 Å². The van der Waals surface area contributed by atoms with Gasteiger partial charge in [-0.3, -0.25) is 0 Å². The van der Waals surface area contributed by atoms with Gasteiger partial charge in [0, 0.05) is 6.61 Å². The highest BCUT2D eigenvalue weighted by Crippen LogP contribution is 2.35. The van der Waals surface area contributed by atoms with Crippen LogP contribution < -0.4 is 0 Å². The summed E-state index contributed by atoms with van der Waals surface area (Å²) < 4.78 is 0. The summed E-state index contributed by atoms with van der Waals surface area (Å²) in [5.74, 6) is 0. The fraction of sp³-hybridized carbons (Fsp3) is 0.500. The second kappa shape index (κ2) is 6.67. The Hall–Kier alpha value is -0.820. The zero-order chi connectivity index (χ0) is 10.2. The molecule has 0 atom stereocenters. The summed E-state index contributed by atoms with van der Waals surface area (Å²) in [6.07, 6.45) is 9.23. The third-order valence-corrected chi connectivity index (χ3v) is 2.37. The van der Waals surface area contributed by atoms with Gasteiger partial charge in [0.15, 0.2) is 0 Å². The fourth-order valence-electron chi connectivity index (χ4n) is 1.71. The van der Waals surface area contributed by atoms with Gasteiger partial charge in [-0.15, -0.1) is 19.7 Å². The number of allylic oxidation sites excluding steroid dienone is 3. The van der Waals surface area contributed by atoms with Crippen LogP contribution in [0.1, 0.15) is 25.7 Å². The van der Waals surface area contributed by atoms with Gasteiger partial charge in [-0.05, 0) is 31.1 Å². The van der Waals surface area contributed by atoms with Gasteiger partial charge in [-0.25, -0.2) is 0 Å². The van der Waals surface area contributed by atoms with Gasteiger partial charge in [-0.2, -0.15) is 0 Å². The van der Waals surface area contributed by atoms with E-state index in [0.717, 1.165) is 25.7 Å². The highest BCUT2D eigenvalue weighted by atomic mass is 16.3. The smallest absolute Gasteiger partial charge is 0.0436 e.